The van der Waals surface area contributed by atoms with E-state index in [1.807, 2.05) is 26.0 Å². The molecule has 0 radical (unpaired) electrons. The summed E-state index contributed by atoms with van der Waals surface area (Å²) in [6.07, 6.45) is 0.891. The molecule has 3 aromatic rings. The number of carbonyl (C=O) groups is 1. The number of rotatable bonds is 4. The van der Waals surface area contributed by atoms with Crippen LogP contribution in [-0.4, -0.2) is 23.0 Å². The number of ether oxygens (including phenoxy) is 1. The second-order valence-corrected chi connectivity index (χ2v) is 6.99. The van der Waals surface area contributed by atoms with Gasteiger partial charge in [0.05, 0.1) is 12.5 Å². The molecule has 0 saturated heterocycles. The first-order chi connectivity index (χ1) is 12.0. The smallest absolute Gasteiger partial charge is 0.348 e. The van der Waals surface area contributed by atoms with E-state index < -0.39 is 0 Å². The molecule has 2 aromatic heterocycles. The van der Waals surface area contributed by atoms with Gasteiger partial charge in [-0.3, -0.25) is 0 Å². The molecule has 0 amide bonds. The Balaban J connectivity index is 2.20. The van der Waals surface area contributed by atoms with Crippen LogP contribution in [0, 0.1) is 13.8 Å². The zero-order valence-electron chi connectivity index (χ0n) is 14.4. The van der Waals surface area contributed by atoms with Gasteiger partial charge in [-0.25, -0.2) is 9.78 Å². The van der Waals surface area contributed by atoms with Crippen LogP contribution in [0.2, 0.25) is 5.28 Å². The molecule has 2 heterocycles. The van der Waals surface area contributed by atoms with Crippen LogP contribution in [0.1, 0.15) is 33.3 Å². The average molecular weight is 376 g/mol. The molecule has 130 valence electrons. The van der Waals surface area contributed by atoms with E-state index in [2.05, 4.69) is 28.3 Å². The summed E-state index contributed by atoms with van der Waals surface area (Å²) in [5, 5.41) is 4.34. The second kappa shape index (κ2) is 6.98. The summed E-state index contributed by atoms with van der Waals surface area (Å²) in [6, 6.07) is 6.16. The minimum atomic E-state index is -0.382. The lowest BCUT2D eigenvalue weighted by molar-refractivity contribution is 0.0605. The van der Waals surface area contributed by atoms with E-state index in [1.54, 1.807) is 0 Å². The van der Waals surface area contributed by atoms with E-state index in [0.717, 1.165) is 28.6 Å². The summed E-state index contributed by atoms with van der Waals surface area (Å²) in [5.41, 5.74) is 4.09. The number of hydrogen-bond donors (Lipinski definition) is 1. The molecule has 0 bridgehead atoms. The first kappa shape index (κ1) is 17.6. The summed E-state index contributed by atoms with van der Waals surface area (Å²) in [5.74, 6) is 0.218. The molecule has 1 N–H and O–H groups in total. The number of para-hydroxylation sites is 1. The zero-order valence-corrected chi connectivity index (χ0v) is 16.0. The maximum Gasteiger partial charge on any atom is 0.348 e. The first-order valence-corrected chi connectivity index (χ1v) is 9.06. The third kappa shape index (κ3) is 3.19. The van der Waals surface area contributed by atoms with Gasteiger partial charge in [-0.15, -0.1) is 11.3 Å². The Kier molecular flexibility index (Phi) is 4.92. The molecule has 25 heavy (non-hydrogen) atoms. The Morgan fingerprint density at radius 3 is 2.76 bits per heavy atom. The van der Waals surface area contributed by atoms with Gasteiger partial charge in [0.25, 0.3) is 0 Å². The molecule has 0 aliphatic rings. The van der Waals surface area contributed by atoms with Crippen LogP contribution in [0.5, 0.6) is 0 Å². The van der Waals surface area contributed by atoms with Gasteiger partial charge in [0.15, 0.2) is 0 Å². The zero-order chi connectivity index (χ0) is 18.1. The Morgan fingerprint density at radius 2 is 2.08 bits per heavy atom. The second-order valence-electron chi connectivity index (χ2n) is 5.66. The van der Waals surface area contributed by atoms with Crippen LogP contribution in [0.4, 0.5) is 11.5 Å². The molecule has 7 heteroatoms. The molecule has 0 fully saturated rings. The molecule has 0 spiro atoms. The van der Waals surface area contributed by atoms with Crippen molar-refractivity contribution >= 4 is 50.6 Å². The van der Waals surface area contributed by atoms with Crippen molar-refractivity contribution < 1.29 is 9.53 Å². The maximum atomic E-state index is 12.0. The molecular weight excluding hydrogens is 358 g/mol. The van der Waals surface area contributed by atoms with Gasteiger partial charge in [0, 0.05) is 5.69 Å². The van der Waals surface area contributed by atoms with Crippen LogP contribution in [0.15, 0.2) is 18.2 Å². The number of carbonyl (C=O) groups excluding carboxylic acids is 1. The predicted molar refractivity (Wildman–Crippen MR) is 102 cm³/mol. The number of nitrogens with zero attached hydrogens (tertiary/aromatic N) is 2. The molecule has 1 aromatic carbocycles. The number of methoxy groups -OCH3 is 1. The van der Waals surface area contributed by atoms with Crippen molar-refractivity contribution in [2.24, 2.45) is 0 Å². The van der Waals surface area contributed by atoms with Crippen molar-refractivity contribution in [2.45, 2.75) is 27.2 Å². The van der Waals surface area contributed by atoms with Crippen LogP contribution in [0.25, 0.3) is 10.2 Å². The molecule has 5 nitrogen and oxygen atoms in total. The number of aromatic nitrogens is 2. The third-order valence-electron chi connectivity index (χ3n) is 4.12. The van der Waals surface area contributed by atoms with Crippen molar-refractivity contribution in [1.29, 1.82) is 0 Å². The Hall–Kier alpha value is -2.18. The van der Waals surface area contributed by atoms with Gasteiger partial charge in [0.1, 0.15) is 15.5 Å². The lowest BCUT2D eigenvalue weighted by Gasteiger charge is -2.14. The lowest BCUT2D eigenvalue weighted by Crippen LogP contribution is -2.02. The van der Waals surface area contributed by atoms with E-state index in [0.29, 0.717) is 15.5 Å². The van der Waals surface area contributed by atoms with Crippen molar-refractivity contribution in [1.82, 2.24) is 9.97 Å². The number of anilines is 2. The fourth-order valence-corrected chi connectivity index (χ4v) is 4.13. The van der Waals surface area contributed by atoms with E-state index in [-0.39, 0.29) is 11.3 Å². The highest BCUT2D eigenvalue weighted by Crippen LogP contribution is 2.37. The largest absolute Gasteiger partial charge is 0.465 e. The Labute approximate surface area is 155 Å². The van der Waals surface area contributed by atoms with Crippen molar-refractivity contribution in [3.05, 3.63) is 45.1 Å². The number of aryl methyl sites for hydroxylation is 3. The topological polar surface area (TPSA) is 64.1 Å². The first-order valence-electron chi connectivity index (χ1n) is 7.86. The number of esters is 1. The van der Waals surface area contributed by atoms with Crippen molar-refractivity contribution in [3.8, 4) is 0 Å². The molecule has 0 saturated carbocycles. The average Bonchev–Trinajstić information content (AvgIpc) is 2.92. The van der Waals surface area contributed by atoms with Crippen LogP contribution in [0.3, 0.4) is 0 Å². The molecule has 3 rings (SSSR count). The highest BCUT2D eigenvalue weighted by molar-refractivity contribution is 7.20. The highest BCUT2D eigenvalue weighted by Gasteiger charge is 2.21. The summed E-state index contributed by atoms with van der Waals surface area (Å²) in [6.45, 7) is 6.02. The predicted octanol–water partition coefficient (Wildman–Crippen LogP) is 5.05. The van der Waals surface area contributed by atoms with Gasteiger partial charge < -0.3 is 10.1 Å². The summed E-state index contributed by atoms with van der Waals surface area (Å²) >= 11 is 7.37. The minimum absolute atomic E-state index is 0.138. The Bertz CT molecular complexity index is 969. The van der Waals surface area contributed by atoms with Crippen LogP contribution in [-0.2, 0) is 11.2 Å². The van der Waals surface area contributed by atoms with E-state index >= 15 is 0 Å². The van der Waals surface area contributed by atoms with Crippen LogP contribution >= 0.6 is 22.9 Å². The fourth-order valence-electron chi connectivity index (χ4n) is 2.81. The summed E-state index contributed by atoms with van der Waals surface area (Å²) < 4.78 is 4.86. The van der Waals surface area contributed by atoms with Gasteiger partial charge in [0.2, 0.25) is 5.28 Å². The molecule has 0 aliphatic carbocycles. The number of benzene rings is 1. The molecule has 0 unspecified atom stereocenters. The monoisotopic (exact) mass is 375 g/mol. The fraction of sp³-hybridized carbons (Fsp3) is 0.278. The van der Waals surface area contributed by atoms with Crippen LogP contribution < -0.4 is 5.32 Å². The van der Waals surface area contributed by atoms with Gasteiger partial charge in [-0.1, -0.05) is 25.1 Å². The standard InChI is InChI=1S/C18H18ClN3O2S/c1-5-11-8-6-7-9(2)13(11)20-15-12-10(3)14(17(23)24-4)25-16(12)22-18(19)21-15/h6-8H,5H2,1-4H3,(H,20,21,22). The SMILES string of the molecule is CCc1cccc(C)c1Nc1nc(Cl)nc2sc(C(=O)OC)c(C)c12. The number of thiophene rings is 1. The van der Waals surface area contributed by atoms with Crippen molar-refractivity contribution in [2.75, 3.05) is 12.4 Å². The number of nitrogens with one attached hydrogen (secondary N) is 1. The van der Waals surface area contributed by atoms with Gasteiger partial charge in [-0.2, -0.15) is 4.98 Å². The maximum absolute atomic E-state index is 12.0. The highest BCUT2D eigenvalue weighted by atomic mass is 35.5. The van der Waals surface area contributed by atoms with Gasteiger partial charge in [-0.05, 0) is 48.6 Å². The van der Waals surface area contributed by atoms with E-state index in [4.69, 9.17) is 16.3 Å². The van der Waals surface area contributed by atoms with Gasteiger partial charge >= 0.3 is 5.97 Å². The van der Waals surface area contributed by atoms with E-state index in [1.165, 1.54) is 24.0 Å². The quantitative estimate of drug-likeness (QED) is 0.510. The number of fused-ring (bicyclic) bond motifs is 1. The summed E-state index contributed by atoms with van der Waals surface area (Å²) in [4.78, 5) is 21.8. The van der Waals surface area contributed by atoms with E-state index in [9.17, 15) is 4.79 Å². The third-order valence-corrected chi connectivity index (χ3v) is 5.45. The lowest BCUT2D eigenvalue weighted by atomic mass is 10.1. The normalized spacial score (nSPS) is 10.9. The summed E-state index contributed by atoms with van der Waals surface area (Å²) in [7, 11) is 1.37. The number of hydrogen-bond acceptors (Lipinski definition) is 6. The minimum Gasteiger partial charge on any atom is -0.465 e. The van der Waals surface area contributed by atoms with Crippen molar-refractivity contribution in [3.63, 3.8) is 0 Å². The number of halogens is 1. The molecular formula is C18H18ClN3O2S. The molecule has 0 aliphatic heterocycles. The Morgan fingerprint density at radius 1 is 1.32 bits per heavy atom. The molecule has 0 atom stereocenters.